The topological polar surface area (TPSA) is 71.6 Å². The summed E-state index contributed by atoms with van der Waals surface area (Å²) in [5.74, 6) is -1.53. The molecule has 4 unspecified atom stereocenters. The number of carbonyl (C=O) groups is 1. The summed E-state index contributed by atoms with van der Waals surface area (Å²) in [4.78, 5) is 11.4. The first-order valence-electron chi connectivity index (χ1n) is 6.16. The molecule has 2 aliphatic heterocycles. The van der Waals surface area contributed by atoms with E-state index in [4.69, 9.17) is 14.2 Å². The molecule has 1 N–H and O–H groups in total. The molecule has 3 rings (SSSR count). The summed E-state index contributed by atoms with van der Waals surface area (Å²) < 4.78 is 16.2. The standard InChI is InChI=1S/C13H16O5/c14-12(15)11-3-1-2-4-13(11,5-9-6-16-9)18-8-10-7-17-10/h1-4,9-11H,5-8H2,(H,14,15). The Morgan fingerprint density at radius 3 is 2.67 bits per heavy atom. The van der Waals surface area contributed by atoms with E-state index in [0.29, 0.717) is 26.2 Å². The van der Waals surface area contributed by atoms with Crippen molar-refractivity contribution >= 4 is 5.97 Å². The molecular formula is C13H16O5. The van der Waals surface area contributed by atoms with Crippen LogP contribution in [0.5, 0.6) is 0 Å². The van der Waals surface area contributed by atoms with E-state index in [1.807, 2.05) is 12.2 Å². The highest BCUT2D eigenvalue weighted by Gasteiger charge is 2.47. The van der Waals surface area contributed by atoms with Crippen LogP contribution in [-0.2, 0) is 19.0 Å². The Morgan fingerprint density at radius 2 is 2.06 bits per heavy atom. The molecule has 2 fully saturated rings. The molecule has 18 heavy (non-hydrogen) atoms. The summed E-state index contributed by atoms with van der Waals surface area (Å²) in [6, 6.07) is 0. The van der Waals surface area contributed by atoms with Gasteiger partial charge in [-0.15, -0.1) is 0 Å². The van der Waals surface area contributed by atoms with Crippen LogP contribution in [0.2, 0.25) is 0 Å². The van der Waals surface area contributed by atoms with Gasteiger partial charge in [-0.25, -0.2) is 0 Å². The molecule has 0 saturated carbocycles. The number of carboxylic acids is 1. The fourth-order valence-corrected chi connectivity index (χ4v) is 2.30. The van der Waals surface area contributed by atoms with Crippen LogP contribution in [0.15, 0.2) is 24.3 Å². The van der Waals surface area contributed by atoms with E-state index < -0.39 is 17.5 Å². The molecule has 3 aliphatic rings. The maximum Gasteiger partial charge on any atom is 0.313 e. The maximum absolute atomic E-state index is 11.4. The van der Waals surface area contributed by atoms with Crippen LogP contribution >= 0.6 is 0 Å². The molecule has 1 aliphatic carbocycles. The van der Waals surface area contributed by atoms with Gasteiger partial charge >= 0.3 is 5.97 Å². The molecule has 5 nitrogen and oxygen atoms in total. The van der Waals surface area contributed by atoms with Crippen molar-refractivity contribution in [3.05, 3.63) is 24.3 Å². The van der Waals surface area contributed by atoms with Gasteiger partial charge in [0.25, 0.3) is 0 Å². The van der Waals surface area contributed by atoms with E-state index in [1.165, 1.54) is 0 Å². The Balaban J connectivity index is 1.77. The zero-order valence-electron chi connectivity index (χ0n) is 9.95. The smallest absolute Gasteiger partial charge is 0.313 e. The maximum atomic E-state index is 11.4. The molecule has 0 amide bonds. The second-order valence-electron chi connectivity index (χ2n) is 4.94. The van der Waals surface area contributed by atoms with Crippen molar-refractivity contribution in [2.45, 2.75) is 24.2 Å². The second-order valence-corrected chi connectivity index (χ2v) is 4.94. The Labute approximate surface area is 105 Å². The normalized spacial score (nSPS) is 40.8. The van der Waals surface area contributed by atoms with Gasteiger partial charge < -0.3 is 19.3 Å². The van der Waals surface area contributed by atoms with E-state index >= 15 is 0 Å². The lowest BCUT2D eigenvalue weighted by molar-refractivity contribution is -0.150. The molecule has 0 bridgehead atoms. The quantitative estimate of drug-likeness (QED) is 0.706. The first-order chi connectivity index (χ1) is 8.70. The highest BCUT2D eigenvalue weighted by Crippen LogP contribution is 2.37. The van der Waals surface area contributed by atoms with E-state index in [-0.39, 0.29) is 12.2 Å². The molecule has 0 aromatic heterocycles. The van der Waals surface area contributed by atoms with Crippen LogP contribution in [0.1, 0.15) is 6.42 Å². The van der Waals surface area contributed by atoms with Crippen LogP contribution in [0.4, 0.5) is 0 Å². The Morgan fingerprint density at radius 1 is 1.33 bits per heavy atom. The highest BCUT2D eigenvalue weighted by molar-refractivity contribution is 5.75. The van der Waals surface area contributed by atoms with Gasteiger partial charge in [-0.05, 0) is 0 Å². The summed E-state index contributed by atoms with van der Waals surface area (Å²) in [7, 11) is 0. The fourth-order valence-electron chi connectivity index (χ4n) is 2.30. The van der Waals surface area contributed by atoms with Gasteiger partial charge in [-0.3, -0.25) is 4.79 Å². The van der Waals surface area contributed by atoms with Crippen LogP contribution in [-0.4, -0.2) is 48.7 Å². The van der Waals surface area contributed by atoms with Gasteiger partial charge in [0.1, 0.15) is 17.6 Å². The van der Waals surface area contributed by atoms with Gasteiger partial charge in [0.05, 0.1) is 25.9 Å². The van der Waals surface area contributed by atoms with Crippen LogP contribution < -0.4 is 0 Å². The molecular weight excluding hydrogens is 236 g/mol. The molecule has 2 heterocycles. The molecule has 0 aromatic rings. The van der Waals surface area contributed by atoms with Crippen LogP contribution in [0.25, 0.3) is 0 Å². The first-order valence-corrected chi connectivity index (χ1v) is 6.16. The van der Waals surface area contributed by atoms with Gasteiger partial charge in [-0.2, -0.15) is 0 Å². The zero-order chi connectivity index (χ0) is 12.6. The number of carboxylic acid groups (broad SMARTS) is 1. The summed E-state index contributed by atoms with van der Waals surface area (Å²) >= 11 is 0. The van der Waals surface area contributed by atoms with Crippen molar-refractivity contribution < 1.29 is 24.1 Å². The van der Waals surface area contributed by atoms with Crippen LogP contribution in [0.3, 0.4) is 0 Å². The van der Waals surface area contributed by atoms with Crippen molar-refractivity contribution in [3.8, 4) is 0 Å². The van der Waals surface area contributed by atoms with Crippen molar-refractivity contribution in [3.63, 3.8) is 0 Å². The number of ether oxygens (including phenoxy) is 3. The molecule has 98 valence electrons. The molecule has 2 saturated heterocycles. The Bertz CT molecular complexity index is 394. The summed E-state index contributed by atoms with van der Waals surface area (Å²) in [6.07, 6.45) is 7.93. The van der Waals surface area contributed by atoms with Crippen LogP contribution in [0, 0.1) is 5.92 Å². The summed E-state index contributed by atoms with van der Waals surface area (Å²) in [5.41, 5.74) is -0.798. The predicted octanol–water partition coefficient (Wildman–Crippen LogP) is 0.756. The van der Waals surface area contributed by atoms with E-state index in [0.717, 1.165) is 0 Å². The molecule has 0 radical (unpaired) electrons. The van der Waals surface area contributed by atoms with Gasteiger partial charge in [0.2, 0.25) is 0 Å². The van der Waals surface area contributed by atoms with Crippen molar-refractivity contribution in [1.29, 1.82) is 0 Å². The lowest BCUT2D eigenvalue weighted by atomic mass is 9.80. The number of allylic oxidation sites excluding steroid dienone is 2. The fraction of sp³-hybridized carbons (Fsp3) is 0.615. The van der Waals surface area contributed by atoms with E-state index in [2.05, 4.69) is 0 Å². The van der Waals surface area contributed by atoms with Gasteiger partial charge in [0.15, 0.2) is 0 Å². The first kappa shape index (κ1) is 11.9. The van der Waals surface area contributed by atoms with Gasteiger partial charge in [0, 0.05) is 6.42 Å². The van der Waals surface area contributed by atoms with Crippen molar-refractivity contribution in [1.82, 2.24) is 0 Å². The Kier molecular flexibility index (Phi) is 2.97. The zero-order valence-corrected chi connectivity index (χ0v) is 9.95. The largest absolute Gasteiger partial charge is 0.481 e. The monoisotopic (exact) mass is 252 g/mol. The minimum atomic E-state index is -0.868. The third-order valence-corrected chi connectivity index (χ3v) is 3.47. The predicted molar refractivity (Wildman–Crippen MR) is 62.2 cm³/mol. The van der Waals surface area contributed by atoms with Crippen molar-refractivity contribution in [2.75, 3.05) is 19.8 Å². The second kappa shape index (κ2) is 4.50. The van der Waals surface area contributed by atoms with Gasteiger partial charge in [-0.1, -0.05) is 24.3 Å². The minimum Gasteiger partial charge on any atom is -0.481 e. The molecule has 0 spiro atoms. The number of epoxide rings is 2. The third-order valence-electron chi connectivity index (χ3n) is 3.47. The third kappa shape index (κ3) is 2.48. The summed E-state index contributed by atoms with van der Waals surface area (Å²) in [6.45, 7) is 1.83. The number of aliphatic carboxylic acids is 1. The lowest BCUT2D eigenvalue weighted by Gasteiger charge is -2.36. The van der Waals surface area contributed by atoms with E-state index in [9.17, 15) is 9.90 Å². The number of rotatable bonds is 6. The number of hydrogen-bond acceptors (Lipinski definition) is 4. The number of hydrogen-bond donors (Lipinski definition) is 1. The summed E-state index contributed by atoms with van der Waals surface area (Å²) in [5, 5.41) is 9.35. The minimum absolute atomic E-state index is 0.114. The lowest BCUT2D eigenvalue weighted by Crippen LogP contribution is -2.45. The molecule has 5 heteroatoms. The molecule has 0 aromatic carbocycles. The SMILES string of the molecule is O=C(O)C1C=CC=CC1(CC1CO1)OCC1CO1. The Hall–Kier alpha value is -1.17. The molecule has 4 atom stereocenters. The van der Waals surface area contributed by atoms with E-state index in [1.54, 1.807) is 12.2 Å². The average Bonchev–Trinajstić information content (AvgIpc) is 3.22. The highest BCUT2D eigenvalue weighted by atomic mass is 16.6. The average molecular weight is 252 g/mol. The van der Waals surface area contributed by atoms with Crippen molar-refractivity contribution in [2.24, 2.45) is 5.92 Å².